The summed E-state index contributed by atoms with van der Waals surface area (Å²) in [5.41, 5.74) is 0. The average molecular weight is 421 g/mol. The summed E-state index contributed by atoms with van der Waals surface area (Å²) in [5, 5.41) is 0. The SMILES string of the molecule is COc1ccc(S(=O)(=O)N2CCC(C(=O)N3CCC4CCCCC4C3)CC2)cc1. The lowest BCUT2D eigenvalue weighted by molar-refractivity contribution is -0.139. The molecule has 2 saturated heterocycles. The largest absolute Gasteiger partial charge is 0.497 e. The van der Waals surface area contributed by atoms with Crippen LogP contribution in [0.1, 0.15) is 44.9 Å². The van der Waals surface area contributed by atoms with Crippen LogP contribution in [0.15, 0.2) is 29.2 Å². The number of nitrogens with zero attached hydrogens (tertiary/aromatic N) is 2. The molecule has 1 amide bonds. The van der Waals surface area contributed by atoms with Gasteiger partial charge in [-0.2, -0.15) is 4.31 Å². The zero-order chi connectivity index (χ0) is 20.4. The van der Waals surface area contributed by atoms with Crippen molar-refractivity contribution in [1.82, 2.24) is 9.21 Å². The summed E-state index contributed by atoms with van der Waals surface area (Å²) in [6.07, 6.45) is 7.58. The molecule has 3 aliphatic rings. The molecule has 0 N–H and O–H groups in total. The van der Waals surface area contributed by atoms with E-state index < -0.39 is 10.0 Å². The summed E-state index contributed by atoms with van der Waals surface area (Å²) in [5.74, 6) is 2.32. The highest BCUT2D eigenvalue weighted by Gasteiger charge is 2.37. The Bertz CT molecular complexity index is 816. The second-order valence-corrected chi connectivity index (χ2v) is 10.7. The first-order valence-corrected chi connectivity index (χ1v) is 12.4. The number of sulfonamides is 1. The van der Waals surface area contributed by atoms with E-state index in [2.05, 4.69) is 4.90 Å². The number of ether oxygens (including phenoxy) is 1. The summed E-state index contributed by atoms with van der Waals surface area (Å²) < 4.78 is 32.5. The molecule has 0 aromatic heterocycles. The first-order valence-electron chi connectivity index (χ1n) is 10.9. The van der Waals surface area contributed by atoms with Crippen LogP contribution >= 0.6 is 0 Å². The normalized spacial score (nSPS) is 26.7. The van der Waals surface area contributed by atoms with Gasteiger partial charge in [-0.1, -0.05) is 19.3 Å². The summed E-state index contributed by atoms with van der Waals surface area (Å²) in [6.45, 7) is 2.60. The highest BCUT2D eigenvalue weighted by atomic mass is 32.2. The number of amides is 1. The molecule has 1 saturated carbocycles. The molecule has 0 spiro atoms. The first-order chi connectivity index (χ1) is 14.0. The van der Waals surface area contributed by atoms with Crippen LogP contribution in [0.2, 0.25) is 0 Å². The van der Waals surface area contributed by atoms with E-state index in [1.165, 1.54) is 30.0 Å². The molecule has 160 valence electrons. The molecule has 1 aliphatic carbocycles. The third kappa shape index (κ3) is 4.31. The Balaban J connectivity index is 1.34. The van der Waals surface area contributed by atoms with E-state index in [4.69, 9.17) is 4.74 Å². The van der Waals surface area contributed by atoms with Gasteiger partial charge in [0, 0.05) is 32.1 Å². The lowest BCUT2D eigenvalue weighted by atomic mass is 9.75. The molecule has 0 bridgehead atoms. The number of methoxy groups -OCH3 is 1. The van der Waals surface area contributed by atoms with Crippen molar-refractivity contribution in [1.29, 1.82) is 0 Å². The number of hydrogen-bond donors (Lipinski definition) is 0. The summed E-state index contributed by atoms with van der Waals surface area (Å²) >= 11 is 0. The van der Waals surface area contributed by atoms with Crippen LogP contribution in [0, 0.1) is 17.8 Å². The number of carbonyl (C=O) groups is 1. The number of piperidine rings is 2. The van der Waals surface area contributed by atoms with Gasteiger partial charge in [-0.25, -0.2) is 8.42 Å². The molecule has 2 unspecified atom stereocenters. The van der Waals surface area contributed by atoms with Gasteiger partial charge in [-0.3, -0.25) is 4.79 Å². The van der Waals surface area contributed by atoms with Gasteiger partial charge in [0.05, 0.1) is 12.0 Å². The minimum atomic E-state index is -3.52. The Morgan fingerprint density at radius 1 is 0.931 bits per heavy atom. The Morgan fingerprint density at radius 2 is 1.59 bits per heavy atom. The molecule has 29 heavy (non-hydrogen) atoms. The fourth-order valence-corrected chi connectivity index (χ4v) is 6.77. The molecule has 2 atom stereocenters. The summed E-state index contributed by atoms with van der Waals surface area (Å²) in [7, 11) is -1.97. The Hall–Kier alpha value is -1.60. The van der Waals surface area contributed by atoms with E-state index in [0.29, 0.717) is 37.6 Å². The number of rotatable bonds is 4. The minimum absolute atomic E-state index is 0.0440. The van der Waals surface area contributed by atoms with E-state index in [9.17, 15) is 13.2 Å². The molecule has 0 radical (unpaired) electrons. The van der Waals surface area contributed by atoms with Crippen molar-refractivity contribution in [2.24, 2.45) is 17.8 Å². The maximum Gasteiger partial charge on any atom is 0.243 e. The average Bonchev–Trinajstić information content (AvgIpc) is 2.78. The quantitative estimate of drug-likeness (QED) is 0.751. The molecular formula is C22H32N2O4S. The second kappa shape index (κ2) is 8.64. The third-order valence-corrected chi connectivity index (χ3v) is 9.02. The Labute approximate surface area is 174 Å². The lowest BCUT2D eigenvalue weighted by Crippen LogP contribution is -2.49. The van der Waals surface area contributed by atoms with Crippen LogP contribution in [-0.4, -0.2) is 56.8 Å². The molecular weight excluding hydrogens is 388 g/mol. The van der Waals surface area contributed by atoms with Crippen molar-refractivity contribution < 1.29 is 17.9 Å². The van der Waals surface area contributed by atoms with Gasteiger partial charge in [0.25, 0.3) is 0 Å². The van der Waals surface area contributed by atoms with Gasteiger partial charge in [-0.15, -0.1) is 0 Å². The van der Waals surface area contributed by atoms with Gasteiger partial charge in [-0.05, 0) is 61.8 Å². The second-order valence-electron chi connectivity index (χ2n) is 8.73. The van der Waals surface area contributed by atoms with Gasteiger partial charge in [0.15, 0.2) is 0 Å². The maximum atomic E-state index is 13.1. The number of likely N-dealkylation sites (tertiary alicyclic amines) is 1. The predicted octanol–water partition coefficient (Wildman–Crippen LogP) is 3.13. The molecule has 2 aliphatic heterocycles. The van der Waals surface area contributed by atoms with E-state index in [-0.39, 0.29) is 16.7 Å². The van der Waals surface area contributed by atoms with Crippen LogP contribution in [0.3, 0.4) is 0 Å². The van der Waals surface area contributed by atoms with Gasteiger partial charge < -0.3 is 9.64 Å². The van der Waals surface area contributed by atoms with Crippen molar-refractivity contribution in [3.8, 4) is 5.75 Å². The summed E-state index contributed by atoms with van der Waals surface area (Å²) in [6, 6.07) is 6.50. The third-order valence-electron chi connectivity index (χ3n) is 7.10. The van der Waals surface area contributed by atoms with Crippen LogP contribution < -0.4 is 4.74 Å². The van der Waals surface area contributed by atoms with Crippen LogP contribution in [0.25, 0.3) is 0 Å². The standard InChI is InChI=1S/C22H32N2O4S/c1-28-20-6-8-21(9-7-20)29(26,27)24-14-11-18(12-15-24)22(25)23-13-10-17-4-2-3-5-19(17)16-23/h6-9,17-19H,2-5,10-16H2,1H3. The Kier molecular flexibility index (Phi) is 6.16. The number of carbonyl (C=O) groups excluding carboxylic acids is 1. The Morgan fingerprint density at radius 3 is 2.24 bits per heavy atom. The lowest BCUT2D eigenvalue weighted by Gasteiger charge is -2.43. The smallest absolute Gasteiger partial charge is 0.243 e. The van der Waals surface area contributed by atoms with E-state index in [0.717, 1.165) is 25.4 Å². The highest BCUT2D eigenvalue weighted by molar-refractivity contribution is 7.89. The van der Waals surface area contributed by atoms with E-state index in [1.54, 1.807) is 31.4 Å². The van der Waals surface area contributed by atoms with Crippen LogP contribution in [-0.2, 0) is 14.8 Å². The fraction of sp³-hybridized carbons (Fsp3) is 0.682. The monoisotopic (exact) mass is 420 g/mol. The molecule has 4 rings (SSSR count). The van der Waals surface area contributed by atoms with Gasteiger partial charge >= 0.3 is 0 Å². The highest BCUT2D eigenvalue weighted by Crippen LogP contribution is 2.37. The van der Waals surface area contributed by atoms with E-state index >= 15 is 0 Å². The van der Waals surface area contributed by atoms with E-state index in [1.807, 2.05) is 0 Å². The summed E-state index contributed by atoms with van der Waals surface area (Å²) in [4.78, 5) is 15.4. The van der Waals surface area contributed by atoms with Crippen molar-refractivity contribution >= 4 is 15.9 Å². The molecule has 7 heteroatoms. The zero-order valence-electron chi connectivity index (χ0n) is 17.3. The van der Waals surface area contributed by atoms with Crippen LogP contribution in [0.5, 0.6) is 5.75 Å². The zero-order valence-corrected chi connectivity index (χ0v) is 18.1. The number of hydrogen-bond acceptors (Lipinski definition) is 4. The molecule has 1 aromatic carbocycles. The fourth-order valence-electron chi connectivity index (χ4n) is 5.30. The predicted molar refractivity (Wildman–Crippen MR) is 111 cm³/mol. The van der Waals surface area contributed by atoms with Gasteiger partial charge in [0.1, 0.15) is 5.75 Å². The van der Waals surface area contributed by atoms with Crippen molar-refractivity contribution in [3.05, 3.63) is 24.3 Å². The van der Waals surface area contributed by atoms with Crippen molar-refractivity contribution in [3.63, 3.8) is 0 Å². The van der Waals surface area contributed by atoms with Crippen molar-refractivity contribution in [2.75, 3.05) is 33.3 Å². The van der Waals surface area contributed by atoms with Crippen molar-refractivity contribution in [2.45, 2.75) is 49.8 Å². The molecule has 6 nitrogen and oxygen atoms in total. The van der Waals surface area contributed by atoms with Crippen LogP contribution in [0.4, 0.5) is 0 Å². The number of fused-ring (bicyclic) bond motifs is 1. The number of benzene rings is 1. The minimum Gasteiger partial charge on any atom is -0.497 e. The molecule has 1 aromatic rings. The topological polar surface area (TPSA) is 66.9 Å². The molecule has 3 fully saturated rings. The molecule has 2 heterocycles. The van der Waals surface area contributed by atoms with Gasteiger partial charge in [0.2, 0.25) is 15.9 Å². The maximum absolute atomic E-state index is 13.1. The first kappa shape index (κ1) is 20.7.